The zero-order valence-electron chi connectivity index (χ0n) is 8.48. The van der Waals surface area contributed by atoms with Gasteiger partial charge in [-0.25, -0.2) is 0 Å². The first-order chi connectivity index (χ1) is 6.71. The summed E-state index contributed by atoms with van der Waals surface area (Å²) in [5.74, 6) is -0.219. The summed E-state index contributed by atoms with van der Waals surface area (Å²) in [5.41, 5.74) is 5.35. The quantitative estimate of drug-likeness (QED) is 0.517. The summed E-state index contributed by atoms with van der Waals surface area (Å²) in [4.78, 5) is 13.1. The van der Waals surface area contributed by atoms with E-state index >= 15 is 0 Å². The predicted molar refractivity (Wildman–Crippen MR) is 53.7 cm³/mol. The molecule has 0 fully saturated rings. The van der Waals surface area contributed by atoms with Crippen LogP contribution in [0.25, 0.3) is 0 Å². The van der Waals surface area contributed by atoms with E-state index in [1.807, 2.05) is 0 Å². The Morgan fingerprint density at radius 3 is 2.79 bits per heavy atom. The minimum absolute atomic E-state index is 0.0828. The first-order valence-corrected chi connectivity index (χ1v) is 4.44. The molecule has 0 aliphatic carbocycles. The van der Waals surface area contributed by atoms with Crippen molar-refractivity contribution in [1.82, 2.24) is 4.90 Å². The van der Waals surface area contributed by atoms with Gasteiger partial charge in [-0.3, -0.25) is 4.79 Å². The van der Waals surface area contributed by atoms with Crippen molar-refractivity contribution >= 4 is 5.91 Å². The van der Waals surface area contributed by atoms with Gasteiger partial charge in [0.05, 0.1) is 6.61 Å². The van der Waals surface area contributed by atoms with E-state index in [2.05, 4.69) is 6.58 Å². The van der Waals surface area contributed by atoms with Gasteiger partial charge in [0.25, 0.3) is 5.91 Å². The van der Waals surface area contributed by atoms with Crippen LogP contribution in [0.4, 0.5) is 0 Å². The fourth-order valence-corrected chi connectivity index (χ4v) is 1.07. The van der Waals surface area contributed by atoms with Gasteiger partial charge in [0, 0.05) is 26.7 Å². The van der Waals surface area contributed by atoms with Gasteiger partial charge in [-0.2, -0.15) is 0 Å². The Bertz CT molecular complexity index is 181. The van der Waals surface area contributed by atoms with E-state index in [9.17, 15) is 4.79 Å². The van der Waals surface area contributed by atoms with Crippen LogP contribution in [0.5, 0.6) is 0 Å². The molecule has 0 radical (unpaired) electrons. The predicted octanol–water partition coefficient (Wildman–Crippen LogP) is -1.03. The lowest BCUT2D eigenvalue weighted by atomic mass is 10.3. The summed E-state index contributed by atoms with van der Waals surface area (Å²) in [6.45, 7) is 4.24. The Morgan fingerprint density at radius 2 is 2.43 bits per heavy atom. The number of methoxy groups -OCH3 is 1. The van der Waals surface area contributed by atoms with Crippen LogP contribution in [0, 0.1) is 0 Å². The summed E-state index contributed by atoms with van der Waals surface area (Å²) in [7, 11) is 1.43. The number of rotatable bonds is 7. The van der Waals surface area contributed by atoms with Gasteiger partial charge in [-0.15, -0.1) is 6.58 Å². The molecule has 0 saturated carbocycles. The number of aliphatic hydroxyl groups is 1. The van der Waals surface area contributed by atoms with Gasteiger partial charge in [0.1, 0.15) is 6.10 Å². The number of hydrogen-bond acceptors (Lipinski definition) is 4. The maximum absolute atomic E-state index is 11.6. The standard InChI is InChI=1S/C9H18N2O3/c1-3-4-11(5-6-12)9(13)8(7-10)14-2/h3,8,12H,1,4-7,10H2,2H3. The number of aliphatic hydroxyl groups excluding tert-OH is 1. The average Bonchev–Trinajstić information content (AvgIpc) is 2.19. The molecule has 82 valence electrons. The van der Waals surface area contributed by atoms with E-state index in [1.165, 1.54) is 12.0 Å². The average molecular weight is 202 g/mol. The second kappa shape index (κ2) is 7.49. The second-order valence-corrected chi connectivity index (χ2v) is 2.76. The van der Waals surface area contributed by atoms with E-state index in [0.717, 1.165) is 0 Å². The third kappa shape index (κ3) is 3.87. The van der Waals surface area contributed by atoms with Crippen molar-refractivity contribution in [3.8, 4) is 0 Å². The Kier molecular flexibility index (Phi) is 7.00. The lowest BCUT2D eigenvalue weighted by molar-refractivity contribution is -0.141. The fourth-order valence-electron chi connectivity index (χ4n) is 1.07. The molecule has 0 heterocycles. The number of ether oxygens (including phenoxy) is 1. The molecular formula is C9H18N2O3. The maximum atomic E-state index is 11.6. The minimum Gasteiger partial charge on any atom is -0.395 e. The molecule has 0 rings (SSSR count). The number of hydrogen-bond donors (Lipinski definition) is 2. The highest BCUT2D eigenvalue weighted by Crippen LogP contribution is 1.97. The smallest absolute Gasteiger partial charge is 0.253 e. The van der Waals surface area contributed by atoms with Crippen molar-refractivity contribution < 1.29 is 14.6 Å². The van der Waals surface area contributed by atoms with Crippen LogP contribution in [0.3, 0.4) is 0 Å². The van der Waals surface area contributed by atoms with Gasteiger partial charge < -0.3 is 20.5 Å². The lowest BCUT2D eigenvalue weighted by Gasteiger charge is -2.24. The van der Waals surface area contributed by atoms with E-state index in [0.29, 0.717) is 6.54 Å². The molecule has 1 amide bonds. The molecule has 3 N–H and O–H groups in total. The Balaban J connectivity index is 4.31. The molecule has 0 aromatic heterocycles. The van der Waals surface area contributed by atoms with Crippen LogP contribution < -0.4 is 5.73 Å². The molecule has 0 aromatic rings. The molecule has 0 saturated heterocycles. The number of amides is 1. The van der Waals surface area contributed by atoms with Gasteiger partial charge in [-0.05, 0) is 0 Å². The van der Waals surface area contributed by atoms with Crippen molar-refractivity contribution in [3.05, 3.63) is 12.7 Å². The van der Waals surface area contributed by atoms with Crippen molar-refractivity contribution in [1.29, 1.82) is 0 Å². The molecule has 1 unspecified atom stereocenters. The Morgan fingerprint density at radius 1 is 1.79 bits per heavy atom. The highest BCUT2D eigenvalue weighted by molar-refractivity contribution is 5.81. The second-order valence-electron chi connectivity index (χ2n) is 2.76. The maximum Gasteiger partial charge on any atom is 0.253 e. The topological polar surface area (TPSA) is 75.8 Å². The van der Waals surface area contributed by atoms with Crippen molar-refractivity contribution in [2.24, 2.45) is 5.73 Å². The van der Waals surface area contributed by atoms with Crippen LogP contribution in [0.2, 0.25) is 0 Å². The van der Waals surface area contributed by atoms with Crippen molar-refractivity contribution in [2.75, 3.05) is 33.4 Å². The van der Waals surface area contributed by atoms with Gasteiger partial charge in [0.2, 0.25) is 0 Å². The largest absolute Gasteiger partial charge is 0.395 e. The van der Waals surface area contributed by atoms with E-state index in [4.69, 9.17) is 15.6 Å². The summed E-state index contributed by atoms with van der Waals surface area (Å²) in [5, 5.41) is 8.74. The number of nitrogens with two attached hydrogens (primary N) is 1. The SMILES string of the molecule is C=CCN(CCO)C(=O)C(CN)OC. The van der Waals surface area contributed by atoms with E-state index < -0.39 is 6.10 Å². The van der Waals surface area contributed by atoms with Crippen molar-refractivity contribution in [3.63, 3.8) is 0 Å². The molecular weight excluding hydrogens is 184 g/mol. The molecule has 0 spiro atoms. The van der Waals surface area contributed by atoms with Gasteiger partial charge in [0.15, 0.2) is 0 Å². The third-order valence-corrected chi connectivity index (χ3v) is 1.81. The fraction of sp³-hybridized carbons (Fsp3) is 0.667. The molecule has 0 aliphatic rings. The lowest BCUT2D eigenvalue weighted by Crippen LogP contribution is -2.44. The van der Waals surface area contributed by atoms with Crippen LogP contribution >= 0.6 is 0 Å². The highest BCUT2D eigenvalue weighted by atomic mass is 16.5. The first kappa shape index (κ1) is 13.1. The summed E-state index contributed by atoms with van der Waals surface area (Å²) >= 11 is 0. The third-order valence-electron chi connectivity index (χ3n) is 1.81. The van der Waals surface area contributed by atoms with Crippen LogP contribution in [0.15, 0.2) is 12.7 Å². The van der Waals surface area contributed by atoms with Crippen LogP contribution in [0.1, 0.15) is 0 Å². The first-order valence-electron chi connectivity index (χ1n) is 4.44. The van der Waals surface area contributed by atoms with Crippen LogP contribution in [-0.2, 0) is 9.53 Å². The van der Waals surface area contributed by atoms with E-state index in [1.54, 1.807) is 6.08 Å². The van der Waals surface area contributed by atoms with Gasteiger partial charge in [-0.1, -0.05) is 6.08 Å². The molecule has 5 heteroatoms. The molecule has 1 atom stereocenters. The molecule has 0 aromatic carbocycles. The summed E-state index contributed by atoms with van der Waals surface area (Å²) in [6.07, 6.45) is 0.957. The number of carbonyl (C=O) groups excluding carboxylic acids is 1. The number of carbonyl (C=O) groups is 1. The number of nitrogens with zero attached hydrogens (tertiary/aromatic N) is 1. The Labute approximate surface area is 84.1 Å². The Hall–Kier alpha value is -0.910. The summed E-state index contributed by atoms with van der Waals surface area (Å²) < 4.78 is 4.90. The van der Waals surface area contributed by atoms with Gasteiger partial charge >= 0.3 is 0 Å². The normalized spacial score (nSPS) is 12.2. The molecule has 5 nitrogen and oxygen atoms in total. The van der Waals surface area contributed by atoms with E-state index in [-0.39, 0.29) is 25.6 Å². The minimum atomic E-state index is -0.638. The van der Waals surface area contributed by atoms with Crippen LogP contribution in [-0.4, -0.2) is 55.4 Å². The molecule has 14 heavy (non-hydrogen) atoms. The monoisotopic (exact) mass is 202 g/mol. The highest BCUT2D eigenvalue weighted by Gasteiger charge is 2.21. The molecule has 0 bridgehead atoms. The zero-order chi connectivity index (χ0) is 11.0. The molecule has 0 aliphatic heterocycles. The zero-order valence-corrected chi connectivity index (χ0v) is 8.48. The van der Waals surface area contributed by atoms with Crippen molar-refractivity contribution in [2.45, 2.75) is 6.10 Å². The summed E-state index contributed by atoms with van der Waals surface area (Å²) in [6, 6.07) is 0.